The Hall–Kier alpha value is -3.85. The molecular formula is C25H26N2O6S. The molecule has 1 amide bonds. The summed E-state index contributed by atoms with van der Waals surface area (Å²) in [5.74, 6) is -0.688. The van der Waals surface area contributed by atoms with E-state index in [4.69, 9.17) is 9.47 Å². The standard InChI is InChI=1S/C25H26N2O6S/c1-4-27(21-8-6-5-7-9-21)34(30,31)23-16-19(11-10-18(23)2)25(29)33-17-24(28)26-20-12-14-22(32-3)15-13-20/h5-16H,4,17H2,1-3H3,(H,26,28). The summed E-state index contributed by atoms with van der Waals surface area (Å²) in [4.78, 5) is 24.7. The molecule has 0 radical (unpaired) electrons. The van der Waals surface area contributed by atoms with Gasteiger partial charge in [-0.3, -0.25) is 9.10 Å². The van der Waals surface area contributed by atoms with Crippen LogP contribution < -0.4 is 14.4 Å². The van der Waals surface area contributed by atoms with Gasteiger partial charge in [-0.05, 0) is 67.9 Å². The van der Waals surface area contributed by atoms with Crippen LogP contribution in [-0.2, 0) is 19.6 Å². The highest BCUT2D eigenvalue weighted by molar-refractivity contribution is 7.92. The lowest BCUT2D eigenvalue weighted by Crippen LogP contribution is -2.31. The molecular weight excluding hydrogens is 456 g/mol. The van der Waals surface area contributed by atoms with Crippen molar-refractivity contribution in [2.75, 3.05) is 29.9 Å². The quantitative estimate of drug-likeness (QED) is 0.462. The van der Waals surface area contributed by atoms with Gasteiger partial charge >= 0.3 is 5.97 Å². The Kier molecular flexibility index (Phi) is 7.91. The molecule has 34 heavy (non-hydrogen) atoms. The van der Waals surface area contributed by atoms with Crippen LogP contribution in [0.3, 0.4) is 0 Å². The molecule has 9 heteroatoms. The predicted octanol–water partition coefficient (Wildman–Crippen LogP) is 4.01. The first-order chi connectivity index (χ1) is 16.3. The molecule has 8 nitrogen and oxygen atoms in total. The van der Waals surface area contributed by atoms with Crippen molar-refractivity contribution >= 4 is 33.3 Å². The molecule has 0 aliphatic carbocycles. The van der Waals surface area contributed by atoms with Gasteiger partial charge in [0.25, 0.3) is 15.9 Å². The van der Waals surface area contributed by atoms with E-state index in [1.165, 1.54) is 23.5 Å². The topological polar surface area (TPSA) is 102 Å². The van der Waals surface area contributed by atoms with Gasteiger partial charge in [0.1, 0.15) is 5.75 Å². The summed E-state index contributed by atoms with van der Waals surface area (Å²) in [7, 11) is -2.39. The fourth-order valence-electron chi connectivity index (χ4n) is 3.30. The van der Waals surface area contributed by atoms with Gasteiger partial charge in [0.15, 0.2) is 6.61 Å². The third kappa shape index (κ3) is 5.74. The van der Waals surface area contributed by atoms with Crippen LogP contribution in [0.2, 0.25) is 0 Å². The van der Waals surface area contributed by atoms with Crippen molar-refractivity contribution in [3.05, 3.63) is 83.9 Å². The number of esters is 1. The monoisotopic (exact) mass is 482 g/mol. The molecule has 178 valence electrons. The number of para-hydroxylation sites is 1. The highest BCUT2D eigenvalue weighted by Gasteiger charge is 2.26. The van der Waals surface area contributed by atoms with Gasteiger partial charge in [-0.2, -0.15) is 0 Å². The maximum absolute atomic E-state index is 13.4. The smallest absolute Gasteiger partial charge is 0.338 e. The summed E-state index contributed by atoms with van der Waals surface area (Å²) in [6, 6.07) is 19.7. The number of benzene rings is 3. The molecule has 0 fully saturated rings. The van der Waals surface area contributed by atoms with Crippen LogP contribution in [0.1, 0.15) is 22.8 Å². The van der Waals surface area contributed by atoms with Crippen molar-refractivity contribution in [2.24, 2.45) is 0 Å². The Morgan fingerprint density at radius 3 is 2.26 bits per heavy atom. The zero-order valence-electron chi connectivity index (χ0n) is 19.1. The lowest BCUT2D eigenvalue weighted by atomic mass is 10.1. The minimum atomic E-state index is -3.93. The van der Waals surface area contributed by atoms with Crippen LogP contribution in [0.4, 0.5) is 11.4 Å². The minimum absolute atomic E-state index is 0.00432. The average Bonchev–Trinajstić information content (AvgIpc) is 2.84. The summed E-state index contributed by atoms with van der Waals surface area (Å²) in [6.45, 7) is 3.08. The first-order valence-electron chi connectivity index (χ1n) is 10.6. The number of anilines is 2. The molecule has 0 aliphatic rings. The number of nitrogens with one attached hydrogen (secondary N) is 1. The third-order valence-electron chi connectivity index (χ3n) is 5.03. The van der Waals surface area contributed by atoms with Crippen molar-refractivity contribution in [2.45, 2.75) is 18.7 Å². The Bertz CT molecular complexity index is 1260. The number of aryl methyl sites for hydroxylation is 1. The molecule has 3 rings (SSSR count). The SMILES string of the molecule is CCN(c1ccccc1)S(=O)(=O)c1cc(C(=O)OCC(=O)Nc2ccc(OC)cc2)ccc1C. The zero-order chi connectivity index (χ0) is 24.7. The zero-order valence-corrected chi connectivity index (χ0v) is 20.0. The van der Waals surface area contributed by atoms with E-state index < -0.39 is 28.5 Å². The van der Waals surface area contributed by atoms with E-state index in [9.17, 15) is 18.0 Å². The van der Waals surface area contributed by atoms with E-state index in [0.29, 0.717) is 22.7 Å². The van der Waals surface area contributed by atoms with E-state index in [-0.39, 0.29) is 17.0 Å². The van der Waals surface area contributed by atoms with Gasteiger partial charge in [-0.25, -0.2) is 13.2 Å². The van der Waals surface area contributed by atoms with Gasteiger partial charge in [-0.15, -0.1) is 0 Å². The Labute approximate surface area is 199 Å². The van der Waals surface area contributed by atoms with Gasteiger partial charge in [0, 0.05) is 12.2 Å². The number of ether oxygens (including phenoxy) is 2. The normalized spacial score (nSPS) is 10.9. The van der Waals surface area contributed by atoms with E-state index in [0.717, 1.165) is 0 Å². The highest BCUT2D eigenvalue weighted by Crippen LogP contribution is 2.26. The summed E-state index contributed by atoms with van der Waals surface area (Å²) in [6.07, 6.45) is 0. The van der Waals surface area contributed by atoms with Crippen molar-refractivity contribution in [1.82, 2.24) is 0 Å². The number of carbonyl (C=O) groups excluding carboxylic acids is 2. The van der Waals surface area contributed by atoms with Gasteiger partial charge in [0.2, 0.25) is 0 Å². The van der Waals surface area contributed by atoms with Crippen LogP contribution in [0.5, 0.6) is 5.75 Å². The van der Waals surface area contributed by atoms with Gasteiger partial charge < -0.3 is 14.8 Å². The molecule has 0 bridgehead atoms. The van der Waals surface area contributed by atoms with E-state index in [1.807, 2.05) is 0 Å². The molecule has 0 heterocycles. The van der Waals surface area contributed by atoms with Crippen LogP contribution >= 0.6 is 0 Å². The van der Waals surface area contributed by atoms with Gasteiger partial charge in [0.05, 0.1) is 23.3 Å². The number of nitrogens with zero attached hydrogens (tertiary/aromatic N) is 1. The fourth-order valence-corrected chi connectivity index (χ4v) is 5.02. The number of sulfonamides is 1. The molecule has 0 unspecified atom stereocenters. The molecule has 0 spiro atoms. The van der Waals surface area contributed by atoms with Crippen LogP contribution in [0.25, 0.3) is 0 Å². The Morgan fingerprint density at radius 2 is 1.65 bits per heavy atom. The summed E-state index contributed by atoms with van der Waals surface area (Å²) in [5, 5.41) is 2.61. The predicted molar refractivity (Wildman–Crippen MR) is 130 cm³/mol. The third-order valence-corrected chi connectivity index (χ3v) is 7.08. The van der Waals surface area contributed by atoms with Crippen molar-refractivity contribution in [1.29, 1.82) is 0 Å². The second kappa shape index (κ2) is 10.8. The minimum Gasteiger partial charge on any atom is -0.497 e. The van der Waals surface area contributed by atoms with Crippen LogP contribution in [0.15, 0.2) is 77.7 Å². The second-order valence-electron chi connectivity index (χ2n) is 7.34. The molecule has 0 atom stereocenters. The van der Waals surface area contributed by atoms with Gasteiger partial charge in [-0.1, -0.05) is 24.3 Å². The van der Waals surface area contributed by atoms with Crippen LogP contribution in [-0.4, -0.2) is 40.6 Å². The van der Waals surface area contributed by atoms with E-state index in [2.05, 4.69) is 5.32 Å². The molecule has 0 saturated carbocycles. The van der Waals surface area contributed by atoms with Crippen molar-refractivity contribution < 1.29 is 27.5 Å². The second-order valence-corrected chi connectivity index (χ2v) is 9.17. The summed E-state index contributed by atoms with van der Waals surface area (Å²) in [5.41, 5.74) is 1.56. The Morgan fingerprint density at radius 1 is 0.971 bits per heavy atom. The maximum atomic E-state index is 13.4. The number of carbonyl (C=O) groups is 2. The molecule has 0 aliphatic heterocycles. The largest absolute Gasteiger partial charge is 0.497 e. The number of methoxy groups -OCH3 is 1. The van der Waals surface area contributed by atoms with Crippen molar-refractivity contribution in [3.8, 4) is 5.75 Å². The Balaban J connectivity index is 1.73. The first-order valence-corrected chi connectivity index (χ1v) is 12.0. The molecule has 0 saturated heterocycles. The molecule has 3 aromatic rings. The fraction of sp³-hybridized carbons (Fsp3) is 0.200. The first kappa shape index (κ1) is 24.8. The molecule has 0 aromatic heterocycles. The van der Waals surface area contributed by atoms with E-state index >= 15 is 0 Å². The maximum Gasteiger partial charge on any atom is 0.338 e. The highest BCUT2D eigenvalue weighted by atomic mass is 32.2. The van der Waals surface area contributed by atoms with E-state index in [1.54, 1.807) is 74.5 Å². The summed E-state index contributed by atoms with van der Waals surface area (Å²) < 4.78 is 38.2. The lowest BCUT2D eigenvalue weighted by molar-refractivity contribution is -0.119. The number of hydrogen-bond acceptors (Lipinski definition) is 6. The number of amides is 1. The number of rotatable bonds is 9. The lowest BCUT2D eigenvalue weighted by Gasteiger charge is -2.24. The molecule has 1 N–H and O–H groups in total. The van der Waals surface area contributed by atoms with Crippen molar-refractivity contribution in [3.63, 3.8) is 0 Å². The molecule has 3 aromatic carbocycles. The summed E-state index contributed by atoms with van der Waals surface area (Å²) >= 11 is 0. The van der Waals surface area contributed by atoms with Crippen LogP contribution in [0, 0.1) is 6.92 Å². The average molecular weight is 483 g/mol. The number of hydrogen-bond donors (Lipinski definition) is 1.